The van der Waals surface area contributed by atoms with Crippen molar-refractivity contribution in [3.05, 3.63) is 29.6 Å². The number of hydrogen-bond acceptors (Lipinski definition) is 3. The highest BCUT2D eigenvalue weighted by molar-refractivity contribution is 5.47. The topological polar surface area (TPSA) is 30.5 Å². The number of hydrogen-bond donors (Lipinski definition) is 1. The molecule has 1 aromatic carbocycles. The summed E-state index contributed by atoms with van der Waals surface area (Å²) in [6.45, 7) is 4.18. The molecule has 1 N–H and O–H groups in total. The third-order valence-corrected chi connectivity index (χ3v) is 4.38. The minimum absolute atomic E-state index is 0.0602. The fourth-order valence-electron chi connectivity index (χ4n) is 3.20. The Kier molecular flexibility index (Phi) is 3.94. The molecule has 0 aromatic heterocycles. The second-order valence-electron chi connectivity index (χ2n) is 5.96. The summed E-state index contributed by atoms with van der Waals surface area (Å²) in [6, 6.07) is 5.62. The van der Waals surface area contributed by atoms with Crippen LogP contribution in [0.5, 0.6) is 0 Å². The molecule has 2 aliphatic rings. The highest BCUT2D eigenvalue weighted by atomic mass is 19.1. The number of anilines is 1. The van der Waals surface area contributed by atoms with E-state index in [-0.39, 0.29) is 17.5 Å². The van der Waals surface area contributed by atoms with Crippen molar-refractivity contribution in [3.63, 3.8) is 0 Å². The summed E-state index contributed by atoms with van der Waals surface area (Å²) in [7, 11) is 0. The van der Waals surface area contributed by atoms with Gasteiger partial charge in [0, 0.05) is 25.9 Å². The first-order valence-corrected chi connectivity index (χ1v) is 7.41. The summed E-state index contributed by atoms with van der Waals surface area (Å²) in [6.07, 6.45) is 3.75. The van der Waals surface area contributed by atoms with Crippen LogP contribution in [0.4, 0.5) is 10.1 Å². The van der Waals surface area contributed by atoms with E-state index in [1.165, 1.54) is 0 Å². The van der Waals surface area contributed by atoms with E-state index in [0.717, 1.165) is 51.1 Å². The van der Waals surface area contributed by atoms with E-state index in [0.29, 0.717) is 5.69 Å². The summed E-state index contributed by atoms with van der Waals surface area (Å²) in [5.74, 6) is -0.169. The van der Waals surface area contributed by atoms with Crippen molar-refractivity contribution in [2.24, 2.45) is 0 Å². The van der Waals surface area contributed by atoms with Crippen molar-refractivity contribution < 1.29 is 13.9 Å². The van der Waals surface area contributed by atoms with Gasteiger partial charge >= 0.3 is 0 Å². The summed E-state index contributed by atoms with van der Waals surface area (Å²) < 4.78 is 25.4. The van der Waals surface area contributed by atoms with Gasteiger partial charge in [-0.2, -0.15) is 0 Å². The van der Waals surface area contributed by atoms with Crippen LogP contribution in [0.3, 0.4) is 0 Å². The zero-order chi connectivity index (χ0) is 14.0. The Balaban J connectivity index is 1.68. The lowest BCUT2D eigenvalue weighted by atomic mass is 9.84. The summed E-state index contributed by atoms with van der Waals surface area (Å²) in [5, 5.41) is 3.35. The van der Waals surface area contributed by atoms with Crippen molar-refractivity contribution in [2.45, 2.75) is 44.2 Å². The Labute approximate surface area is 119 Å². The van der Waals surface area contributed by atoms with Gasteiger partial charge in [-0.25, -0.2) is 4.39 Å². The quantitative estimate of drug-likeness (QED) is 0.901. The lowest BCUT2D eigenvalue weighted by Crippen LogP contribution is -2.47. The zero-order valence-corrected chi connectivity index (χ0v) is 12.0. The largest absolute Gasteiger partial charge is 0.381 e. The molecule has 0 amide bonds. The summed E-state index contributed by atoms with van der Waals surface area (Å²) in [4.78, 5) is 0. The SMILES string of the molecule is Cc1ccc(NC2CCOC3(CCOCC3)C2)c(F)c1. The summed E-state index contributed by atoms with van der Waals surface area (Å²) in [5.41, 5.74) is 1.49. The van der Waals surface area contributed by atoms with Crippen LogP contribution in [-0.2, 0) is 9.47 Å². The summed E-state index contributed by atoms with van der Waals surface area (Å²) >= 11 is 0. The predicted octanol–water partition coefficient (Wildman–Crippen LogP) is 3.27. The zero-order valence-electron chi connectivity index (χ0n) is 12.0. The Morgan fingerprint density at radius 3 is 2.80 bits per heavy atom. The average Bonchev–Trinajstić information content (AvgIpc) is 2.43. The molecule has 2 fully saturated rings. The van der Waals surface area contributed by atoms with Gasteiger partial charge in [0.05, 0.1) is 11.3 Å². The van der Waals surface area contributed by atoms with Crippen molar-refractivity contribution in [3.8, 4) is 0 Å². The molecule has 2 aliphatic heterocycles. The lowest BCUT2D eigenvalue weighted by Gasteiger charge is -2.43. The van der Waals surface area contributed by atoms with Crippen LogP contribution in [0, 0.1) is 12.7 Å². The van der Waals surface area contributed by atoms with Gasteiger partial charge in [-0.15, -0.1) is 0 Å². The molecule has 20 heavy (non-hydrogen) atoms. The normalized spacial score (nSPS) is 25.6. The number of rotatable bonds is 2. The van der Waals surface area contributed by atoms with Gasteiger partial charge in [0.2, 0.25) is 0 Å². The van der Waals surface area contributed by atoms with Crippen LogP contribution in [-0.4, -0.2) is 31.5 Å². The first-order chi connectivity index (χ1) is 9.67. The third kappa shape index (κ3) is 2.96. The van der Waals surface area contributed by atoms with Crippen LogP contribution in [0.2, 0.25) is 0 Å². The second-order valence-corrected chi connectivity index (χ2v) is 5.96. The number of nitrogens with one attached hydrogen (secondary N) is 1. The van der Waals surface area contributed by atoms with E-state index in [9.17, 15) is 4.39 Å². The van der Waals surface area contributed by atoms with E-state index in [1.807, 2.05) is 19.1 Å². The molecule has 0 saturated carbocycles. The lowest BCUT2D eigenvalue weighted by molar-refractivity contribution is -0.135. The molecular weight excluding hydrogens is 257 g/mol. The maximum absolute atomic E-state index is 13.9. The smallest absolute Gasteiger partial charge is 0.146 e. The number of aryl methyl sites for hydroxylation is 1. The van der Waals surface area contributed by atoms with E-state index in [1.54, 1.807) is 6.07 Å². The van der Waals surface area contributed by atoms with Crippen molar-refractivity contribution in [1.29, 1.82) is 0 Å². The molecule has 1 atom stereocenters. The van der Waals surface area contributed by atoms with Crippen molar-refractivity contribution in [2.75, 3.05) is 25.1 Å². The monoisotopic (exact) mass is 279 g/mol. The second kappa shape index (κ2) is 5.70. The van der Waals surface area contributed by atoms with E-state index >= 15 is 0 Å². The van der Waals surface area contributed by atoms with Crippen LogP contribution in [0.25, 0.3) is 0 Å². The molecule has 2 saturated heterocycles. The minimum Gasteiger partial charge on any atom is -0.381 e. The van der Waals surface area contributed by atoms with Crippen LogP contribution in [0.15, 0.2) is 18.2 Å². The van der Waals surface area contributed by atoms with Gasteiger partial charge in [0.25, 0.3) is 0 Å². The van der Waals surface area contributed by atoms with Gasteiger partial charge in [0.1, 0.15) is 5.82 Å². The molecular formula is C16H22FNO2. The van der Waals surface area contributed by atoms with E-state index in [2.05, 4.69) is 5.32 Å². The third-order valence-electron chi connectivity index (χ3n) is 4.38. The van der Waals surface area contributed by atoms with Crippen molar-refractivity contribution in [1.82, 2.24) is 0 Å². The predicted molar refractivity (Wildman–Crippen MR) is 76.5 cm³/mol. The molecule has 1 aromatic rings. The van der Waals surface area contributed by atoms with Gasteiger partial charge in [-0.05, 0) is 50.3 Å². The molecule has 110 valence electrons. The van der Waals surface area contributed by atoms with Crippen LogP contribution in [0.1, 0.15) is 31.2 Å². The number of ether oxygens (including phenoxy) is 2. The van der Waals surface area contributed by atoms with Crippen molar-refractivity contribution >= 4 is 5.69 Å². The molecule has 3 nitrogen and oxygen atoms in total. The standard InChI is InChI=1S/C16H22FNO2/c1-12-2-3-15(14(17)10-12)18-13-4-7-20-16(11-13)5-8-19-9-6-16/h2-3,10,13,18H,4-9,11H2,1H3. The molecule has 0 radical (unpaired) electrons. The molecule has 4 heteroatoms. The molecule has 1 unspecified atom stereocenters. The fraction of sp³-hybridized carbons (Fsp3) is 0.625. The molecule has 0 aliphatic carbocycles. The fourth-order valence-corrected chi connectivity index (χ4v) is 3.20. The van der Waals surface area contributed by atoms with Gasteiger partial charge in [0.15, 0.2) is 0 Å². The maximum atomic E-state index is 13.9. The Bertz CT molecular complexity index is 466. The van der Waals surface area contributed by atoms with Gasteiger partial charge in [-0.3, -0.25) is 0 Å². The van der Waals surface area contributed by atoms with Crippen LogP contribution >= 0.6 is 0 Å². The van der Waals surface area contributed by atoms with E-state index in [4.69, 9.17) is 9.47 Å². The first-order valence-electron chi connectivity index (χ1n) is 7.41. The van der Waals surface area contributed by atoms with Crippen LogP contribution < -0.4 is 5.32 Å². The number of halogens is 1. The Hall–Kier alpha value is -1.13. The molecule has 2 heterocycles. The minimum atomic E-state index is -0.169. The maximum Gasteiger partial charge on any atom is 0.146 e. The van der Waals surface area contributed by atoms with Gasteiger partial charge in [-0.1, -0.05) is 6.07 Å². The van der Waals surface area contributed by atoms with Gasteiger partial charge < -0.3 is 14.8 Å². The highest BCUT2D eigenvalue weighted by Gasteiger charge is 2.39. The Morgan fingerprint density at radius 2 is 2.05 bits per heavy atom. The number of benzene rings is 1. The highest BCUT2D eigenvalue weighted by Crippen LogP contribution is 2.35. The van der Waals surface area contributed by atoms with E-state index < -0.39 is 0 Å². The molecule has 3 rings (SSSR count). The average molecular weight is 279 g/mol. The molecule has 1 spiro atoms. The Morgan fingerprint density at radius 1 is 1.25 bits per heavy atom. The first kappa shape index (κ1) is 13.8. The molecule has 0 bridgehead atoms.